The number of halogens is 1. The van der Waals surface area contributed by atoms with Crippen LogP contribution in [0.15, 0.2) is 23.1 Å². The van der Waals surface area contributed by atoms with Crippen LogP contribution in [0.5, 0.6) is 5.75 Å². The lowest BCUT2D eigenvalue weighted by molar-refractivity contribution is 0.344. The van der Waals surface area contributed by atoms with Crippen molar-refractivity contribution in [3.63, 3.8) is 0 Å². The molecule has 0 amide bonds. The molecule has 2 atom stereocenters. The van der Waals surface area contributed by atoms with Crippen LogP contribution in [0, 0.1) is 11.3 Å². The Balaban J connectivity index is 0.00000192. The van der Waals surface area contributed by atoms with Gasteiger partial charge in [-0.05, 0) is 43.9 Å². The van der Waals surface area contributed by atoms with E-state index in [1.165, 1.54) is 25.3 Å². The van der Waals surface area contributed by atoms with Gasteiger partial charge in [-0.15, -0.1) is 12.4 Å². The summed E-state index contributed by atoms with van der Waals surface area (Å²) in [6.07, 6.45) is 3.86. The number of ether oxygens (including phenoxy) is 1. The molecule has 1 aromatic carbocycles. The number of hydrogen-bond donors (Lipinski definition) is 2. The lowest BCUT2D eigenvalue weighted by Crippen LogP contribution is -2.47. The summed E-state index contributed by atoms with van der Waals surface area (Å²) in [7, 11) is -2.26. The van der Waals surface area contributed by atoms with Crippen LogP contribution >= 0.6 is 12.4 Å². The Hall–Kier alpha value is -1.33. The number of benzene rings is 1. The first-order chi connectivity index (χ1) is 10.5. The second-order valence-corrected chi connectivity index (χ2v) is 7.59. The van der Waals surface area contributed by atoms with E-state index in [1.807, 2.05) is 6.07 Å². The molecule has 2 aliphatic rings. The molecule has 0 saturated carbocycles. The molecule has 23 heavy (non-hydrogen) atoms. The smallest absolute Gasteiger partial charge is 0.244 e. The van der Waals surface area contributed by atoms with Crippen molar-refractivity contribution in [2.45, 2.75) is 48.7 Å². The second-order valence-electron chi connectivity index (χ2n) is 5.90. The largest absolute Gasteiger partial charge is 0.495 e. The fraction of sp³-hybridized carbons (Fsp3) is 0.533. The van der Waals surface area contributed by atoms with Gasteiger partial charge in [-0.3, -0.25) is 0 Å². The molecule has 126 valence electrons. The average molecular weight is 358 g/mol. The number of rotatable bonds is 4. The van der Waals surface area contributed by atoms with Gasteiger partial charge >= 0.3 is 0 Å². The Bertz CT molecular complexity index is 705. The summed E-state index contributed by atoms with van der Waals surface area (Å²) >= 11 is 0. The Morgan fingerprint density at radius 2 is 1.96 bits per heavy atom. The van der Waals surface area contributed by atoms with Crippen molar-refractivity contribution in [1.82, 2.24) is 10.0 Å². The van der Waals surface area contributed by atoms with Gasteiger partial charge in [0.2, 0.25) is 10.0 Å². The summed E-state index contributed by atoms with van der Waals surface area (Å²) in [5, 5.41) is 12.4. The quantitative estimate of drug-likeness (QED) is 0.853. The van der Waals surface area contributed by atoms with Crippen LogP contribution in [0.2, 0.25) is 0 Å². The lowest BCUT2D eigenvalue weighted by Gasteiger charge is -2.29. The highest BCUT2D eigenvalue weighted by Crippen LogP contribution is 2.29. The fourth-order valence-corrected chi connectivity index (χ4v) is 4.81. The van der Waals surface area contributed by atoms with E-state index in [4.69, 9.17) is 10.00 Å². The molecule has 2 fully saturated rings. The van der Waals surface area contributed by atoms with Crippen LogP contribution in [-0.2, 0) is 10.0 Å². The zero-order valence-corrected chi connectivity index (χ0v) is 14.4. The number of methoxy groups -OCH3 is 1. The summed E-state index contributed by atoms with van der Waals surface area (Å²) < 4.78 is 33.2. The molecule has 0 aliphatic carbocycles. The van der Waals surface area contributed by atoms with Crippen molar-refractivity contribution < 1.29 is 13.2 Å². The highest BCUT2D eigenvalue weighted by atomic mass is 35.5. The van der Waals surface area contributed by atoms with Crippen molar-refractivity contribution in [2.24, 2.45) is 0 Å². The van der Waals surface area contributed by atoms with Gasteiger partial charge in [0.05, 0.1) is 18.7 Å². The maximum absolute atomic E-state index is 12.6. The molecule has 2 saturated heterocycles. The molecule has 8 heteroatoms. The van der Waals surface area contributed by atoms with E-state index in [0.717, 1.165) is 25.7 Å². The number of nitriles is 1. The molecular weight excluding hydrogens is 338 g/mol. The van der Waals surface area contributed by atoms with Crippen LogP contribution in [0.1, 0.15) is 31.2 Å². The third-order valence-corrected chi connectivity index (χ3v) is 5.94. The van der Waals surface area contributed by atoms with Gasteiger partial charge in [-0.1, -0.05) is 0 Å². The predicted octanol–water partition coefficient (Wildman–Crippen LogP) is 1.55. The number of piperidine rings is 1. The van der Waals surface area contributed by atoms with Crippen molar-refractivity contribution in [1.29, 1.82) is 5.26 Å². The molecule has 6 nitrogen and oxygen atoms in total. The van der Waals surface area contributed by atoms with Crippen LogP contribution < -0.4 is 14.8 Å². The van der Waals surface area contributed by atoms with E-state index in [1.54, 1.807) is 0 Å². The van der Waals surface area contributed by atoms with Gasteiger partial charge in [-0.2, -0.15) is 5.26 Å². The third kappa shape index (κ3) is 3.78. The Morgan fingerprint density at radius 3 is 2.52 bits per heavy atom. The monoisotopic (exact) mass is 357 g/mol. The maximum Gasteiger partial charge on any atom is 0.244 e. The van der Waals surface area contributed by atoms with Crippen LogP contribution in [0.4, 0.5) is 0 Å². The molecule has 2 bridgehead atoms. The molecule has 2 heterocycles. The molecule has 0 spiro atoms. The van der Waals surface area contributed by atoms with Crippen molar-refractivity contribution in [2.75, 3.05) is 7.11 Å². The average Bonchev–Trinajstić information content (AvgIpc) is 2.85. The van der Waals surface area contributed by atoms with Crippen molar-refractivity contribution in [3.05, 3.63) is 23.8 Å². The maximum atomic E-state index is 12.6. The minimum absolute atomic E-state index is 0. The number of fused-ring (bicyclic) bond motifs is 2. The molecule has 1 aromatic rings. The van der Waals surface area contributed by atoms with Gasteiger partial charge in [0.1, 0.15) is 10.6 Å². The van der Waals surface area contributed by atoms with Crippen molar-refractivity contribution in [3.8, 4) is 11.8 Å². The third-order valence-electron chi connectivity index (χ3n) is 4.38. The Morgan fingerprint density at radius 1 is 1.30 bits per heavy atom. The molecule has 2 aliphatic heterocycles. The number of nitrogens with zero attached hydrogens (tertiary/aromatic N) is 1. The zero-order valence-electron chi connectivity index (χ0n) is 12.8. The van der Waals surface area contributed by atoms with Crippen LogP contribution in [0.25, 0.3) is 0 Å². The Kier molecular flexibility index (Phi) is 5.53. The topological polar surface area (TPSA) is 91.2 Å². The van der Waals surface area contributed by atoms with Crippen LogP contribution in [-0.4, -0.2) is 33.7 Å². The Labute approximate surface area is 142 Å². The molecule has 3 rings (SSSR count). The number of sulfonamides is 1. The first-order valence-electron chi connectivity index (χ1n) is 7.38. The highest BCUT2D eigenvalue weighted by Gasteiger charge is 2.35. The van der Waals surface area contributed by atoms with Crippen LogP contribution in [0.3, 0.4) is 0 Å². The first kappa shape index (κ1) is 18.0. The molecule has 2 unspecified atom stereocenters. The zero-order chi connectivity index (χ0) is 15.7. The summed E-state index contributed by atoms with van der Waals surface area (Å²) in [6, 6.07) is 7.11. The normalized spacial score (nSPS) is 26.2. The van der Waals surface area contributed by atoms with E-state index in [0.29, 0.717) is 17.6 Å². The standard InChI is InChI=1S/C15H19N3O3S.ClH/c1-21-14-6-10(9-16)2-5-15(14)22(19,20)18-13-7-11-3-4-12(8-13)17-11;/h2,5-6,11-13,17-18H,3-4,7-8H2,1H3;1H. The minimum Gasteiger partial charge on any atom is -0.495 e. The van der Waals surface area contributed by atoms with Gasteiger partial charge < -0.3 is 10.1 Å². The van der Waals surface area contributed by atoms with Gasteiger partial charge in [-0.25, -0.2) is 13.1 Å². The summed E-state index contributed by atoms with van der Waals surface area (Å²) in [5.74, 6) is 0.198. The molecular formula is C15H20ClN3O3S. The number of nitrogens with one attached hydrogen (secondary N) is 2. The SMILES string of the molecule is COc1cc(C#N)ccc1S(=O)(=O)NC1CC2CCC(C1)N2.Cl. The minimum atomic E-state index is -3.66. The highest BCUT2D eigenvalue weighted by molar-refractivity contribution is 7.89. The fourth-order valence-electron chi connectivity index (χ4n) is 3.40. The number of hydrogen-bond acceptors (Lipinski definition) is 5. The van der Waals surface area contributed by atoms with E-state index in [-0.39, 0.29) is 29.1 Å². The summed E-state index contributed by atoms with van der Waals surface area (Å²) in [5.41, 5.74) is 0.371. The predicted molar refractivity (Wildman–Crippen MR) is 88.2 cm³/mol. The molecule has 2 N–H and O–H groups in total. The van der Waals surface area contributed by atoms with E-state index in [2.05, 4.69) is 10.0 Å². The lowest BCUT2D eigenvalue weighted by atomic mass is 10.0. The van der Waals surface area contributed by atoms with Gasteiger partial charge in [0.15, 0.2) is 0 Å². The molecule has 0 radical (unpaired) electrons. The van der Waals surface area contributed by atoms with Crippen molar-refractivity contribution >= 4 is 22.4 Å². The van der Waals surface area contributed by atoms with E-state index < -0.39 is 10.0 Å². The summed E-state index contributed by atoms with van der Waals surface area (Å²) in [4.78, 5) is 0.0832. The van der Waals surface area contributed by atoms with E-state index in [9.17, 15) is 8.42 Å². The van der Waals surface area contributed by atoms with Gasteiger partial charge in [0, 0.05) is 18.1 Å². The first-order valence-corrected chi connectivity index (χ1v) is 8.86. The second kappa shape index (κ2) is 7.05. The van der Waals surface area contributed by atoms with Gasteiger partial charge in [0.25, 0.3) is 0 Å². The van der Waals surface area contributed by atoms with E-state index >= 15 is 0 Å². The molecule has 0 aromatic heterocycles. The summed E-state index contributed by atoms with van der Waals surface area (Å²) in [6.45, 7) is 0.